The Hall–Kier alpha value is -3.65. The first-order valence-corrected chi connectivity index (χ1v) is 8.54. The molecule has 134 valence electrons. The number of ether oxygens (including phenoxy) is 1. The number of aromatic nitrogens is 2. The van der Waals surface area contributed by atoms with Crippen molar-refractivity contribution < 1.29 is 9.53 Å². The molecule has 1 amide bonds. The van der Waals surface area contributed by atoms with Gasteiger partial charge >= 0.3 is 6.01 Å². The average molecular weight is 357 g/mol. The molecular formula is C22H19N3O2. The van der Waals surface area contributed by atoms with E-state index in [1.54, 1.807) is 12.4 Å². The van der Waals surface area contributed by atoms with E-state index in [1.807, 2.05) is 61.5 Å². The summed E-state index contributed by atoms with van der Waals surface area (Å²) in [4.78, 5) is 19.5. The van der Waals surface area contributed by atoms with Crippen molar-refractivity contribution >= 4 is 5.91 Å². The summed E-state index contributed by atoms with van der Waals surface area (Å²) in [6.45, 7) is 3.45. The molecule has 0 aliphatic rings. The smallest absolute Gasteiger partial charge is 0.321 e. The van der Waals surface area contributed by atoms with Crippen molar-refractivity contribution in [2.45, 2.75) is 19.9 Å². The van der Waals surface area contributed by atoms with E-state index < -0.39 is 0 Å². The molecule has 3 aromatic rings. The molecule has 1 atom stereocenters. The lowest BCUT2D eigenvalue weighted by molar-refractivity contribution is -0.119. The summed E-state index contributed by atoms with van der Waals surface area (Å²) in [5, 5.41) is 2.86. The van der Waals surface area contributed by atoms with Crippen molar-refractivity contribution in [2.24, 2.45) is 0 Å². The van der Waals surface area contributed by atoms with Crippen molar-refractivity contribution in [1.82, 2.24) is 15.3 Å². The number of amides is 1. The third-order valence-electron chi connectivity index (χ3n) is 3.76. The Morgan fingerprint density at radius 1 is 0.963 bits per heavy atom. The Kier molecular flexibility index (Phi) is 5.80. The van der Waals surface area contributed by atoms with Gasteiger partial charge in [-0.1, -0.05) is 42.2 Å². The van der Waals surface area contributed by atoms with E-state index in [0.717, 1.165) is 11.1 Å². The fraction of sp³-hybridized carbons (Fsp3) is 0.136. The fourth-order valence-corrected chi connectivity index (χ4v) is 2.42. The van der Waals surface area contributed by atoms with Gasteiger partial charge in [-0.05, 0) is 36.8 Å². The largest absolute Gasteiger partial charge is 0.424 e. The maximum absolute atomic E-state index is 11.1. The predicted octanol–water partition coefficient (Wildman–Crippen LogP) is 3.87. The molecule has 2 aromatic carbocycles. The summed E-state index contributed by atoms with van der Waals surface area (Å²) in [6.07, 6.45) is 3.26. The molecule has 5 nitrogen and oxygen atoms in total. The minimum atomic E-state index is -0.0499. The normalized spacial score (nSPS) is 11.0. The van der Waals surface area contributed by atoms with Crippen LogP contribution in [-0.2, 0) is 4.79 Å². The first kappa shape index (κ1) is 18.2. The number of carbonyl (C=O) groups is 1. The van der Waals surface area contributed by atoms with E-state index in [0.29, 0.717) is 11.3 Å². The molecule has 0 aliphatic carbocycles. The zero-order chi connectivity index (χ0) is 19.1. The number of benzene rings is 2. The minimum Gasteiger partial charge on any atom is -0.424 e. The van der Waals surface area contributed by atoms with Crippen LogP contribution in [0.3, 0.4) is 0 Å². The van der Waals surface area contributed by atoms with E-state index in [1.165, 1.54) is 6.92 Å². The quantitative estimate of drug-likeness (QED) is 0.720. The van der Waals surface area contributed by atoms with Gasteiger partial charge in [0.05, 0.1) is 11.6 Å². The third kappa shape index (κ3) is 5.41. The second kappa shape index (κ2) is 8.63. The first-order valence-electron chi connectivity index (χ1n) is 8.54. The summed E-state index contributed by atoms with van der Waals surface area (Å²) in [6, 6.07) is 17.4. The molecule has 27 heavy (non-hydrogen) atoms. The Labute approximate surface area is 158 Å². The Balaban J connectivity index is 1.64. The van der Waals surface area contributed by atoms with E-state index in [2.05, 4.69) is 27.1 Å². The number of rotatable bonds is 4. The Morgan fingerprint density at radius 2 is 1.59 bits per heavy atom. The fourth-order valence-electron chi connectivity index (χ4n) is 2.42. The van der Waals surface area contributed by atoms with E-state index in [4.69, 9.17) is 4.74 Å². The number of nitrogens with one attached hydrogen (secondary N) is 1. The maximum atomic E-state index is 11.1. The summed E-state index contributed by atoms with van der Waals surface area (Å²) in [7, 11) is 0. The van der Waals surface area contributed by atoms with E-state index in [9.17, 15) is 4.79 Å². The van der Waals surface area contributed by atoms with Crippen LogP contribution in [0.1, 0.15) is 36.6 Å². The molecule has 0 bridgehead atoms. The summed E-state index contributed by atoms with van der Waals surface area (Å²) >= 11 is 0. The van der Waals surface area contributed by atoms with Crippen LogP contribution < -0.4 is 10.1 Å². The van der Waals surface area contributed by atoms with Crippen LogP contribution in [0, 0.1) is 11.8 Å². The topological polar surface area (TPSA) is 64.1 Å². The Morgan fingerprint density at radius 3 is 2.22 bits per heavy atom. The molecule has 0 saturated heterocycles. The molecule has 0 unspecified atom stereocenters. The van der Waals surface area contributed by atoms with Gasteiger partial charge < -0.3 is 10.1 Å². The van der Waals surface area contributed by atoms with Gasteiger partial charge in [0.15, 0.2) is 0 Å². The van der Waals surface area contributed by atoms with Gasteiger partial charge in [-0.15, -0.1) is 0 Å². The lowest BCUT2D eigenvalue weighted by Gasteiger charge is -2.12. The third-order valence-corrected chi connectivity index (χ3v) is 3.76. The standard InChI is InChI=1S/C22H19N3O2/c1-16(25-17(2)26)20-12-10-18(11-13-20)8-9-19-14-23-22(24-15-19)27-21-6-4-3-5-7-21/h3-7,10-16H,1-2H3,(H,25,26)/t16-/m0/s1. The lowest BCUT2D eigenvalue weighted by atomic mass is 10.1. The van der Waals surface area contributed by atoms with E-state index in [-0.39, 0.29) is 18.0 Å². The zero-order valence-electron chi connectivity index (χ0n) is 15.1. The monoisotopic (exact) mass is 357 g/mol. The highest BCUT2D eigenvalue weighted by Crippen LogP contribution is 2.16. The van der Waals surface area contributed by atoms with Gasteiger partial charge in [0.2, 0.25) is 5.91 Å². The van der Waals surface area contributed by atoms with Crippen molar-refractivity contribution in [1.29, 1.82) is 0 Å². The van der Waals surface area contributed by atoms with Gasteiger partial charge in [-0.2, -0.15) is 0 Å². The van der Waals surface area contributed by atoms with Crippen molar-refractivity contribution in [2.75, 3.05) is 0 Å². The highest BCUT2D eigenvalue weighted by atomic mass is 16.5. The molecular weight excluding hydrogens is 338 g/mol. The van der Waals surface area contributed by atoms with Gasteiger partial charge in [-0.25, -0.2) is 9.97 Å². The van der Waals surface area contributed by atoms with Crippen LogP contribution in [0.15, 0.2) is 67.0 Å². The van der Waals surface area contributed by atoms with Crippen LogP contribution in [0.25, 0.3) is 0 Å². The van der Waals surface area contributed by atoms with Crippen LogP contribution in [0.2, 0.25) is 0 Å². The van der Waals surface area contributed by atoms with E-state index >= 15 is 0 Å². The number of nitrogens with zero attached hydrogens (tertiary/aromatic N) is 2. The molecule has 0 fully saturated rings. The second-order valence-electron chi connectivity index (χ2n) is 5.96. The van der Waals surface area contributed by atoms with Gasteiger partial charge in [-0.3, -0.25) is 4.79 Å². The number of carbonyl (C=O) groups excluding carboxylic acids is 1. The predicted molar refractivity (Wildman–Crippen MR) is 103 cm³/mol. The number of hydrogen-bond acceptors (Lipinski definition) is 4. The molecule has 3 rings (SSSR count). The van der Waals surface area contributed by atoms with Crippen LogP contribution in [0.4, 0.5) is 0 Å². The minimum absolute atomic E-state index is 0.0323. The molecule has 1 aromatic heterocycles. The number of hydrogen-bond donors (Lipinski definition) is 1. The summed E-state index contributed by atoms with van der Waals surface area (Å²) in [5.74, 6) is 6.75. The highest BCUT2D eigenvalue weighted by molar-refractivity contribution is 5.73. The summed E-state index contributed by atoms with van der Waals surface area (Å²) < 4.78 is 5.56. The highest BCUT2D eigenvalue weighted by Gasteiger charge is 2.05. The molecule has 0 spiro atoms. The van der Waals surface area contributed by atoms with Crippen molar-refractivity contribution in [3.05, 3.63) is 83.7 Å². The van der Waals surface area contributed by atoms with Gasteiger partial charge in [0.1, 0.15) is 5.75 Å². The molecule has 1 heterocycles. The lowest BCUT2D eigenvalue weighted by Crippen LogP contribution is -2.23. The molecule has 0 aliphatic heterocycles. The Bertz CT molecular complexity index is 956. The molecule has 0 saturated carbocycles. The van der Waals surface area contributed by atoms with Gasteiger partial charge in [0.25, 0.3) is 0 Å². The zero-order valence-corrected chi connectivity index (χ0v) is 15.1. The van der Waals surface area contributed by atoms with Crippen molar-refractivity contribution in [3.63, 3.8) is 0 Å². The van der Waals surface area contributed by atoms with Crippen LogP contribution in [0.5, 0.6) is 11.8 Å². The SMILES string of the molecule is CC(=O)N[C@@H](C)c1ccc(C#Cc2cnc(Oc3ccccc3)nc2)cc1. The molecule has 0 radical (unpaired) electrons. The number of para-hydroxylation sites is 1. The van der Waals surface area contributed by atoms with Crippen LogP contribution in [-0.4, -0.2) is 15.9 Å². The van der Waals surface area contributed by atoms with Crippen molar-refractivity contribution in [3.8, 4) is 23.6 Å². The maximum Gasteiger partial charge on any atom is 0.321 e. The molecule has 1 N–H and O–H groups in total. The average Bonchev–Trinajstić information content (AvgIpc) is 2.68. The summed E-state index contributed by atoms with van der Waals surface area (Å²) in [5.41, 5.74) is 2.60. The van der Waals surface area contributed by atoms with Crippen LogP contribution >= 0.6 is 0 Å². The molecule has 5 heteroatoms. The van der Waals surface area contributed by atoms with Gasteiger partial charge in [0, 0.05) is 24.9 Å². The first-order chi connectivity index (χ1) is 13.1. The second-order valence-corrected chi connectivity index (χ2v) is 5.96.